The second kappa shape index (κ2) is 6.30. The van der Waals surface area contributed by atoms with E-state index in [9.17, 15) is 4.79 Å². The molecule has 0 fully saturated rings. The molecule has 1 atom stereocenters. The first-order chi connectivity index (χ1) is 7.71. The van der Waals surface area contributed by atoms with Gasteiger partial charge in [0, 0.05) is 6.04 Å². The summed E-state index contributed by atoms with van der Waals surface area (Å²) in [5, 5.41) is 12.1. The van der Waals surface area contributed by atoms with Crippen molar-refractivity contribution in [3.8, 4) is 0 Å². The van der Waals surface area contributed by atoms with E-state index in [-0.39, 0.29) is 18.4 Å². The van der Waals surface area contributed by atoms with Crippen molar-refractivity contribution in [1.29, 1.82) is 0 Å². The number of hydrogen-bond acceptors (Lipinski definition) is 5. The minimum atomic E-state index is -0.486. The molecule has 1 rings (SSSR count). The molecule has 5 heteroatoms. The van der Waals surface area contributed by atoms with Crippen molar-refractivity contribution >= 4 is 5.97 Å². The van der Waals surface area contributed by atoms with Gasteiger partial charge in [-0.05, 0) is 18.6 Å². The van der Waals surface area contributed by atoms with Crippen LogP contribution in [0.1, 0.15) is 29.7 Å². The van der Waals surface area contributed by atoms with Gasteiger partial charge in [-0.25, -0.2) is 4.79 Å². The fraction of sp³-hybridized carbons (Fsp3) is 0.545. The molecule has 0 unspecified atom stereocenters. The number of rotatable bonds is 6. The average Bonchev–Trinajstić information content (AvgIpc) is 2.78. The van der Waals surface area contributed by atoms with Gasteiger partial charge in [0.15, 0.2) is 0 Å². The lowest BCUT2D eigenvalue weighted by Crippen LogP contribution is -2.30. The monoisotopic (exact) mass is 227 g/mol. The summed E-state index contributed by atoms with van der Waals surface area (Å²) in [6, 6.07) is 3.33. The second-order valence-electron chi connectivity index (χ2n) is 3.43. The summed E-state index contributed by atoms with van der Waals surface area (Å²) in [5.74, 6) is 0.351. The molecule has 0 saturated carbocycles. The van der Waals surface area contributed by atoms with E-state index in [4.69, 9.17) is 9.52 Å². The van der Waals surface area contributed by atoms with Crippen LogP contribution in [-0.2, 0) is 11.3 Å². The predicted molar refractivity (Wildman–Crippen MR) is 58.1 cm³/mol. The quantitative estimate of drug-likeness (QED) is 0.707. The van der Waals surface area contributed by atoms with Gasteiger partial charge in [0.25, 0.3) is 0 Å². The Kier molecular flexibility index (Phi) is 5.01. The van der Waals surface area contributed by atoms with E-state index in [2.05, 4.69) is 10.1 Å². The van der Waals surface area contributed by atoms with Crippen LogP contribution in [0.15, 0.2) is 16.5 Å². The molecule has 1 aromatic heterocycles. The number of hydrogen-bond donors (Lipinski definition) is 2. The Labute approximate surface area is 94.4 Å². The molecule has 16 heavy (non-hydrogen) atoms. The highest BCUT2D eigenvalue weighted by Gasteiger charge is 2.11. The van der Waals surface area contributed by atoms with Gasteiger partial charge in [0.2, 0.25) is 5.76 Å². The molecule has 0 radical (unpaired) electrons. The molecule has 0 saturated heterocycles. The summed E-state index contributed by atoms with van der Waals surface area (Å²) in [5.41, 5.74) is 0. The topological polar surface area (TPSA) is 71.7 Å². The maximum Gasteiger partial charge on any atom is 0.373 e. The van der Waals surface area contributed by atoms with Crippen molar-refractivity contribution in [2.24, 2.45) is 0 Å². The Morgan fingerprint density at radius 2 is 2.38 bits per heavy atom. The van der Waals surface area contributed by atoms with Crippen LogP contribution in [0.2, 0.25) is 0 Å². The van der Waals surface area contributed by atoms with Crippen molar-refractivity contribution in [3.05, 3.63) is 23.7 Å². The molecule has 0 aliphatic rings. The van der Waals surface area contributed by atoms with Crippen molar-refractivity contribution in [2.45, 2.75) is 25.9 Å². The maximum absolute atomic E-state index is 11.1. The van der Waals surface area contributed by atoms with Crippen LogP contribution in [0.5, 0.6) is 0 Å². The smallest absolute Gasteiger partial charge is 0.373 e. The third kappa shape index (κ3) is 3.36. The fourth-order valence-corrected chi connectivity index (χ4v) is 1.27. The number of ether oxygens (including phenoxy) is 1. The van der Waals surface area contributed by atoms with E-state index in [0.29, 0.717) is 12.3 Å². The van der Waals surface area contributed by atoms with E-state index in [1.165, 1.54) is 7.11 Å². The van der Waals surface area contributed by atoms with Crippen LogP contribution in [0.3, 0.4) is 0 Å². The number of carbonyl (C=O) groups is 1. The van der Waals surface area contributed by atoms with Gasteiger partial charge < -0.3 is 19.6 Å². The van der Waals surface area contributed by atoms with Crippen LogP contribution in [0.4, 0.5) is 0 Å². The van der Waals surface area contributed by atoms with Gasteiger partial charge in [-0.2, -0.15) is 0 Å². The zero-order valence-electron chi connectivity index (χ0n) is 9.53. The Morgan fingerprint density at radius 1 is 1.62 bits per heavy atom. The Morgan fingerprint density at radius 3 is 2.94 bits per heavy atom. The SMILES string of the molecule is CC[C@H](CO)NCc1ccc(C(=O)OC)o1. The van der Waals surface area contributed by atoms with Crippen LogP contribution < -0.4 is 5.32 Å². The molecule has 2 N–H and O–H groups in total. The summed E-state index contributed by atoms with van der Waals surface area (Å²) >= 11 is 0. The lowest BCUT2D eigenvalue weighted by atomic mass is 10.2. The third-order valence-electron chi connectivity index (χ3n) is 2.33. The Balaban J connectivity index is 2.49. The molecule has 0 aliphatic carbocycles. The lowest BCUT2D eigenvalue weighted by molar-refractivity contribution is 0.0562. The van der Waals surface area contributed by atoms with E-state index >= 15 is 0 Å². The van der Waals surface area contributed by atoms with E-state index in [0.717, 1.165) is 6.42 Å². The van der Waals surface area contributed by atoms with Gasteiger partial charge in [-0.15, -0.1) is 0 Å². The maximum atomic E-state index is 11.1. The molecule has 1 heterocycles. The van der Waals surface area contributed by atoms with Gasteiger partial charge >= 0.3 is 5.97 Å². The van der Waals surface area contributed by atoms with Crippen molar-refractivity contribution < 1.29 is 19.1 Å². The number of esters is 1. The first kappa shape index (κ1) is 12.7. The van der Waals surface area contributed by atoms with Crippen LogP contribution in [0.25, 0.3) is 0 Å². The van der Waals surface area contributed by atoms with Crippen molar-refractivity contribution in [3.63, 3.8) is 0 Å². The Bertz CT molecular complexity index is 330. The summed E-state index contributed by atoms with van der Waals surface area (Å²) in [7, 11) is 1.31. The van der Waals surface area contributed by atoms with Gasteiger partial charge in [0.05, 0.1) is 20.3 Å². The number of methoxy groups -OCH3 is 1. The normalized spacial score (nSPS) is 12.4. The predicted octanol–water partition coefficient (Wildman–Crippen LogP) is 0.927. The van der Waals surface area contributed by atoms with Gasteiger partial charge in [-0.3, -0.25) is 0 Å². The molecule has 0 spiro atoms. The standard InChI is InChI=1S/C11H17NO4/c1-3-8(7-13)12-6-9-4-5-10(16-9)11(14)15-2/h4-5,8,12-13H,3,6-7H2,1-2H3/t8-/m1/s1. The highest BCUT2D eigenvalue weighted by atomic mass is 16.5. The summed E-state index contributed by atoms with van der Waals surface area (Å²) in [6.07, 6.45) is 0.834. The van der Waals surface area contributed by atoms with Gasteiger partial charge in [-0.1, -0.05) is 6.92 Å². The fourth-order valence-electron chi connectivity index (χ4n) is 1.27. The minimum Gasteiger partial charge on any atom is -0.463 e. The number of aliphatic hydroxyl groups excluding tert-OH is 1. The average molecular weight is 227 g/mol. The zero-order valence-corrected chi connectivity index (χ0v) is 9.53. The third-order valence-corrected chi connectivity index (χ3v) is 2.33. The number of carbonyl (C=O) groups excluding carboxylic acids is 1. The van der Waals surface area contributed by atoms with Crippen molar-refractivity contribution in [2.75, 3.05) is 13.7 Å². The minimum absolute atomic E-state index is 0.0478. The summed E-state index contributed by atoms with van der Waals surface area (Å²) in [4.78, 5) is 11.1. The summed E-state index contributed by atoms with van der Waals surface area (Å²) in [6.45, 7) is 2.55. The first-order valence-corrected chi connectivity index (χ1v) is 5.22. The number of furan rings is 1. The van der Waals surface area contributed by atoms with E-state index in [1.54, 1.807) is 12.1 Å². The molecule has 90 valence electrons. The highest BCUT2D eigenvalue weighted by Crippen LogP contribution is 2.09. The zero-order chi connectivity index (χ0) is 12.0. The largest absolute Gasteiger partial charge is 0.463 e. The molecule has 0 aliphatic heterocycles. The summed E-state index contributed by atoms with van der Waals surface area (Å²) < 4.78 is 9.78. The number of nitrogens with one attached hydrogen (secondary N) is 1. The van der Waals surface area contributed by atoms with Crippen molar-refractivity contribution in [1.82, 2.24) is 5.32 Å². The highest BCUT2D eigenvalue weighted by molar-refractivity contribution is 5.86. The molecule has 0 aromatic carbocycles. The molecular formula is C11H17NO4. The molecule has 0 amide bonds. The molecule has 5 nitrogen and oxygen atoms in total. The lowest BCUT2D eigenvalue weighted by Gasteiger charge is -2.12. The van der Waals surface area contributed by atoms with Gasteiger partial charge in [0.1, 0.15) is 5.76 Å². The van der Waals surface area contributed by atoms with E-state index in [1.807, 2.05) is 6.92 Å². The van der Waals surface area contributed by atoms with E-state index < -0.39 is 5.97 Å². The Hall–Kier alpha value is -1.33. The molecule has 0 bridgehead atoms. The first-order valence-electron chi connectivity index (χ1n) is 5.22. The molecule has 1 aromatic rings. The number of aliphatic hydroxyl groups is 1. The second-order valence-corrected chi connectivity index (χ2v) is 3.43. The molecular weight excluding hydrogens is 210 g/mol. The van der Waals surface area contributed by atoms with Crippen LogP contribution in [0, 0.1) is 0 Å². The van der Waals surface area contributed by atoms with Crippen LogP contribution >= 0.6 is 0 Å². The van der Waals surface area contributed by atoms with Crippen LogP contribution in [-0.4, -0.2) is 30.8 Å².